The number of carbonyl (C=O) groups is 1. The van der Waals surface area contributed by atoms with Gasteiger partial charge in [-0.1, -0.05) is 40.9 Å². The van der Waals surface area contributed by atoms with Crippen LogP contribution in [0.15, 0.2) is 48.5 Å². The average Bonchev–Trinajstić information content (AvgIpc) is 3.10. The van der Waals surface area contributed by atoms with E-state index in [2.05, 4.69) is 21.7 Å². The largest absolute Gasteiger partial charge is 0.444 e. The van der Waals surface area contributed by atoms with Crippen molar-refractivity contribution in [3.05, 3.63) is 63.6 Å². The molecule has 0 aliphatic heterocycles. The lowest BCUT2D eigenvalue weighted by molar-refractivity contribution is 0.0530. The standard InChI is InChI=1S/C25H24Cl3N3O2/c1-25(2,3)33-24(32)30-9-8-29-22-12-15(14-4-6-19(27)20(28)11-14)10-18-17-13-16(26)5-7-21(17)31-23(18)22/h4-7,10-13,29,31H,8-9H2,1-3H3,(H,30,32). The van der Waals surface area contributed by atoms with Crippen LogP contribution >= 0.6 is 34.8 Å². The smallest absolute Gasteiger partial charge is 0.407 e. The first-order valence-corrected chi connectivity index (χ1v) is 11.7. The summed E-state index contributed by atoms with van der Waals surface area (Å²) in [5, 5.41) is 9.91. The Labute approximate surface area is 207 Å². The molecular weight excluding hydrogens is 481 g/mol. The highest BCUT2D eigenvalue weighted by atomic mass is 35.5. The highest BCUT2D eigenvalue weighted by Crippen LogP contribution is 2.37. The summed E-state index contributed by atoms with van der Waals surface area (Å²) in [4.78, 5) is 15.4. The summed E-state index contributed by atoms with van der Waals surface area (Å²) < 4.78 is 5.29. The number of fused-ring (bicyclic) bond motifs is 3. The molecule has 1 heterocycles. The lowest BCUT2D eigenvalue weighted by Crippen LogP contribution is -2.35. The van der Waals surface area contributed by atoms with Crippen molar-refractivity contribution in [3.63, 3.8) is 0 Å². The molecule has 0 unspecified atom stereocenters. The molecule has 8 heteroatoms. The van der Waals surface area contributed by atoms with E-state index in [1.54, 1.807) is 6.07 Å². The Balaban J connectivity index is 1.67. The Morgan fingerprint density at radius 3 is 2.42 bits per heavy atom. The van der Waals surface area contributed by atoms with E-state index in [0.717, 1.165) is 38.6 Å². The van der Waals surface area contributed by atoms with Gasteiger partial charge in [0.1, 0.15) is 5.60 Å². The normalized spacial score (nSPS) is 11.7. The maximum absolute atomic E-state index is 11.9. The number of aromatic nitrogens is 1. The molecule has 0 atom stereocenters. The number of carbonyl (C=O) groups excluding carboxylic acids is 1. The lowest BCUT2D eigenvalue weighted by atomic mass is 10.0. The fourth-order valence-corrected chi connectivity index (χ4v) is 4.10. The Hall–Kier alpha value is -2.60. The number of rotatable bonds is 5. The van der Waals surface area contributed by atoms with E-state index in [-0.39, 0.29) is 0 Å². The van der Waals surface area contributed by atoms with Gasteiger partial charge in [0.15, 0.2) is 0 Å². The van der Waals surface area contributed by atoms with Gasteiger partial charge in [-0.3, -0.25) is 0 Å². The van der Waals surface area contributed by atoms with Gasteiger partial charge in [-0.15, -0.1) is 0 Å². The monoisotopic (exact) mass is 503 g/mol. The van der Waals surface area contributed by atoms with E-state index in [9.17, 15) is 4.79 Å². The molecule has 3 aromatic carbocycles. The average molecular weight is 505 g/mol. The molecule has 4 aromatic rings. The van der Waals surface area contributed by atoms with Crippen molar-refractivity contribution in [2.24, 2.45) is 0 Å². The molecule has 0 radical (unpaired) electrons. The highest BCUT2D eigenvalue weighted by Gasteiger charge is 2.16. The number of ether oxygens (including phenoxy) is 1. The van der Waals surface area contributed by atoms with Crippen molar-refractivity contribution < 1.29 is 9.53 Å². The third-order valence-electron chi connectivity index (χ3n) is 5.03. The van der Waals surface area contributed by atoms with E-state index in [4.69, 9.17) is 39.5 Å². The molecule has 0 bridgehead atoms. The zero-order valence-corrected chi connectivity index (χ0v) is 20.8. The molecule has 0 fully saturated rings. The van der Waals surface area contributed by atoms with Gasteiger partial charge >= 0.3 is 6.09 Å². The molecule has 1 amide bonds. The summed E-state index contributed by atoms with van der Waals surface area (Å²) in [6.45, 7) is 6.41. The maximum Gasteiger partial charge on any atom is 0.407 e. The summed E-state index contributed by atoms with van der Waals surface area (Å²) in [6.07, 6.45) is -0.445. The molecule has 0 aliphatic carbocycles. The predicted octanol–water partition coefficient (Wildman–Crippen LogP) is 7.88. The number of aromatic amines is 1. The zero-order valence-electron chi connectivity index (χ0n) is 18.5. The van der Waals surface area contributed by atoms with Gasteiger partial charge in [0.05, 0.1) is 21.2 Å². The molecule has 3 N–H and O–H groups in total. The first-order valence-electron chi connectivity index (χ1n) is 10.5. The van der Waals surface area contributed by atoms with Crippen LogP contribution in [0.1, 0.15) is 20.8 Å². The lowest BCUT2D eigenvalue weighted by Gasteiger charge is -2.19. The molecule has 5 nitrogen and oxygen atoms in total. The van der Waals surface area contributed by atoms with Crippen LogP contribution in [0.25, 0.3) is 32.9 Å². The Morgan fingerprint density at radius 2 is 1.70 bits per heavy atom. The van der Waals surface area contributed by atoms with Gasteiger partial charge in [0.25, 0.3) is 0 Å². The van der Waals surface area contributed by atoms with Gasteiger partial charge in [-0.05, 0) is 74.4 Å². The molecule has 0 saturated carbocycles. The van der Waals surface area contributed by atoms with Crippen LogP contribution in [0.5, 0.6) is 0 Å². The number of nitrogens with one attached hydrogen (secondary N) is 3. The number of H-pyrrole nitrogens is 1. The van der Waals surface area contributed by atoms with Crippen LogP contribution in [0.3, 0.4) is 0 Å². The minimum atomic E-state index is -0.538. The zero-order chi connectivity index (χ0) is 23.8. The predicted molar refractivity (Wildman–Crippen MR) is 139 cm³/mol. The van der Waals surface area contributed by atoms with E-state index in [1.807, 2.05) is 57.2 Å². The Bertz CT molecular complexity index is 1340. The third-order valence-corrected chi connectivity index (χ3v) is 6.01. The quantitative estimate of drug-likeness (QED) is 0.242. The molecule has 0 spiro atoms. The molecular formula is C25H24Cl3N3O2. The minimum Gasteiger partial charge on any atom is -0.444 e. The number of benzene rings is 3. The van der Waals surface area contributed by atoms with Crippen molar-refractivity contribution >= 4 is 68.4 Å². The highest BCUT2D eigenvalue weighted by molar-refractivity contribution is 6.42. The summed E-state index contributed by atoms with van der Waals surface area (Å²) in [5.74, 6) is 0. The van der Waals surface area contributed by atoms with Crippen molar-refractivity contribution in [1.29, 1.82) is 0 Å². The summed E-state index contributed by atoms with van der Waals surface area (Å²) in [7, 11) is 0. The van der Waals surface area contributed by atoms with E-state index < -0.39 is 11.7 Å². The van der Waals surface area contributed by atoms with Crippen LogP contribution in [-0.2, 0) is 4.74 Å². The second-order valence-electron chi connectivity index (χ2n) is 8.75. The van der Waals surface area contributed by atoms with Gasteiger partial charge in [0.2, 0.25) is 0 Å². The van der Waals surface area contributed by atoms with Crippen LogP contribution in [0.2, 0.25) is 15.1 Å². The van der Waals surface area contributed by atoms with E-state index >= 15 is 0 Å². The minimum absolute atomic E-state index is 0.402. The van der Waals surface area contributed by atoms with Crippen LogP contribution in [0, 0.1) is 0 Å². The Kier molecular flexibility index (Phi) is 6.66. The molecule has 1 aromatic heterocycles. The maximum atomic E-state index is 11.9. The Morgan fingerprint density at radius 1 is 0.909 bits per heavy atom. The van der Waals surface area contributed by atoms with Crippen molar-refractivity contribution in [2.75, 3.05) is 18.4 Å². The van der Waals surface area contributed by atoms with Gasteiger partial charge in [-0.25, -0.2) is 4.79 Å². The van der Waals surface area contributed by atoms with Crippen LogP contribution in [-0.4, -0.2) is 29.8 Å². The first-order chi connectivity index (χ1) is 15.6. The van der Waals surface area contributed by atoms with Crippen LogP contribution < -0.4 is 10.6 Å². The fourth-order valence-electron chi connectivity index (χ4n) is 3.63. The van der Waals surface area contributed by atoms with Crippen molar-refractivity contribution in [2.45, 2.75) is 26.4 Å². The summed E-state index contributed by atoms with van der Waals surface area (Å²) in [6, 6.07) is 15.5. The number of hydrogen-bond acceptors (Lipinski definition) is 3. The number of hydrogen-bond donors (Lipinski definition) is 3. The van der Waals surface area contributed by atoms with Crippen molar-refractivity contribution in [3.8, 4) is 11.1 Å². The topological polar surface area (TPSA) is 66.2 Å². The molecule has 0 aliphatic rings. The molecule has 4 rings (SSSR count). The van der Waals surface area contributed by atoms with Gasteiger partial charge in [-0.2, -0.15) is 0 Å². The van der Waals surface area contributed by atoms with Gasteiger partial charge in [0, 0.05) is 34.4 Å². The molecule has 33 heavy (non-hydrogen) atoms. The molecule has 0 saturated heterocycles. The second kappa shape index (κ2) is 9.34. The number of anilines is 1. The third kappa shape index (κ3) is 5.49. The molecule has 172 valence electrons. The number of alkyl carbamates (subject to hydrolysis) is 1. The SMILES string of the molecule is CC(C)(C)OC(=O)NCCNc1cc(-c2ccc(Cl)c(Cl)c2)cc2c1[nH]c1ccc(Cl)cc12. The van der Waals surface area contributed by atoms with Gasteiger partial charge < -0.3 is 20.4 Å². The van der Waals surface area contributed by atoms with Crippen LogP contribution in [0.4, 0.5) is 10.5 Å². The summed E-state index contributed by atoms with van der Waals surface area (Å²) >= 11 is 18.7. The number of amides is 1. The van der Waals surface area contributed by atoms with Crippen molar-refractivity contribution in [1.82, 2.24) is 10.3 Å². The van der Waals surface area contributed by atoms with E-state index in [1.165, 1.54) is 0 Å². The summed E-state index contributed by atoms with van der Waals surface area (Å²) in [5.41, 5.74) is 4.21. The first kappa shape index (κ1) is 23.6. The second-order valence-corrected chi connectivity index (χ2v) is 10.00. The van der Waals surface area contributed by atoms with E-state index in [0.29, 0.717) is 28.2 Å². The number of halogens is 3. The fraction of sp³-hybridized carbons (Fsp3) is 0.240.